The van der Waals surface area contributed by atoms with E-state index in [1.54, 1.807) is 17.0 Å². The van der Waals surface area contributed by atoms with Gasteiger partial charge in [-0.25, -0.2) is 4.79 Å². The Labute approximate surface area is 158 Å². The number of hydrogen-bond acceptors (Lipinski definition) is 5. The molecule has 27 heavy (non-hydrogen) atoms. The number of aromatic hydroxyl groups is 1. The molecule has 1 fully saturated rings. The van der Waals surface area contributed by atoms with Crippen molar-refractivity contribution in [1.29, 1.82) is 0 Å². The molecule has 4 rings (SSSR count). The van der Waals surface area contributed by atoms with Crippen LogP contribution in [0.25, 0.3) is 11.0 Å². The number of fused-ring (bicyclic) bond motifs is 3. The first-order valence-corrected chi connectivity index (χ1v) is 9.91. The van der Waals surface area contributed by atoms with Gasteiger partial charge in [0.05, 0.1) is 6.54 Å². The Hall–Kier alpha value is -2.34. The summed E-state index contributed by atoms with van der Waals surface area (Å²) in [5, 5.41) is 10.6. The van der Waals surface area contributed by atoms with E-state index in [0.717, 1.165) is 37.8 Å². The maximum absolute atomic E-state index is 13.1. The third kappa shape index (κ3) is 3.34. The Morgan fingerprint density at radius 2 is 2.11 bits per heavy atom. The standard InChI is InChI=1S/C21H26N2O4/c1-2-14-6-3-4-10-22(14)13-19(25)23-11-5-7-16-17-12-15(24)8-9-18(17)27-21(26)20(16)23/h8-9,12,14,24H,2-7,10-11,13H2,1H3. The lowest BCUT2D eigenvalue weighted by atomic mass is 9.98. The molecule has 1 saturated heterocycles. The molecule has 1 aromatic heterocycles. The fraction of sp³-hybridized carbons (Fsp3) is 0.524. The third-order valence-corrected chi connectivity index (χ3v) is 5.91. The Morgan fingerprint density at radius 1 is 1.26 bits per heavy atom. The SMILES string of the molecule is CCC1CCCCN1CC(=O)N1CCCc2c1c(=O)oc1ccc(O)cc21. The molecular weight excluding hydrogens is 344 g/mol. The molecule has 0 radical (unpaired) electrons. The van der Waals surface area contributed by atoms with Crippen LogP contribution >= 0.6 is 0 Å². The number of benzene rings is 1. The van der Waals surface area contributed by atoms with E-state index in [-0.39, 0.29) is 11.7 Å². The van der Waals surface area contributed by atoms with Crippen molar-refractivity contribution < 1.29 is 14.3 Å². The fourth-order valence-corrected chi connectivity index (χ4v) is 4.53. The molecule has 144 valence electrons. The van der Waals surface area contributed by atoms with Crippen LogP contribution in [0.15, 0.2) is 27.4 Å². The monoisotopic (exact) mass is 370 g/mol. The molecule has 1 aromatic carbocycles. The normalized spacial score (nSPS) is 20.6. The van der Waals surface area contributed by atoms with Crippen LogP contribution < -0.4 is 10.5 Å². The first-order valence-electron chi connectivity index (χ1n) is 9.91. The summed E-state index contributed by atoms with van der Waals surface area (Å²) in [6, 6.07) is 5.16. The van der Waals surface area contributed by atoms with Crippen LogP contribution in [0.2, 0.25) is 0 Å². The van der Waals surface area contributed by atoms with Gasteiger partial charge in [-0.05, 0) is 62.4 Å². The van der Waals surface area contributed by atoms with Gasteiger partial charge in [0.15, 0.2) is 0 Å². The summed E-state index contributed by atoms with van der Waals surface area (Å²) in [6.45, 7) is 3.98. The number of carbonyl (C=O) groups excluding carboxylic acids is 1. The van der Waals surface area contributed by atoms with Gasteiger partial charge in [0, 0.05) is 18.0 Å². The minimum Gasteiger partial charge on any atom is -0.508 e. The van der Waals surface area contributed by atoms with Gasteiger partial charge in [-0.2, -0.15) is 0 Å². The minimum absolute atomic E-state index is 0.0388. The Bertz CT molecular complexity index is 920. The topological polar surface area (TPSA) is 74.0 Å². The van der Waals surface area contributed by atoms with Gasteiger partial charge in [-0.1, -0.05) is 13.3 Å². The van der Waals surface area contributed by atoms with Crippen molar-refractivity contribution in [2.24, 2.45) is 0 Å². The molecule has 1 amide bonds. The van der Waals surface area contributed by atoms with Gasteiger partial charge in [0.1, 0.15) is 17.0 Å². The van der Waals surface area contributed by atoms with Crippen molar-refractivity contribution in [2.75, 3.05) is 24.5 Å². The van der Waals surface area contributed by atoms with Crippen LogP contribution in [0, 0.1) is 0 Å². The van der Waals surface area contributed by atoms with E-state index in [4.69, 9.17) is 4.42 Å². The zero-order valence-corrected chi connectivity index (χ0v) is 15.7. The first kappa shape index (κ1) is 18.0. The Balaban J connectivity index is 1.68. The number of rotatable bonds is 3. The molecule has 6 heteroatoms. The molecule has 0 spiro atoms. The zero-order valence-electron chi connectivity index (χ0n) is 15.7. The maximum atomic E-state index is 13.1. The minimum atomic E-state index is -0.470. The number of amides is 1. The van der Waals surface area contributed by atoms with E-state index in [1.807, 2.05) is 0 Å². The van der Waals surface area contributed by atoms with E-state index in [9.17, 15) is 14.7 Å². The molecule has 1 N–H and O–H groups in total. The molecule has 2 aliphatic heterocycles. The van der Waals surface area contributed by atoms with Crippen LogP contribution in [0.5, 0.6) is 5.75 Å². The molecule has 6 nitrogen and oxygen atoms in total. The summed E-state index contributed by atoms with van der Waals surface area (Å²) >= 11 is 0. The predicted octanol–water partition coefficient (Wildman–Crippen LogP) is 3.04. The van der Waals surface area contributed by atoms with Crippen LogP contribution in [0.3, 0.4) is 0 Å². The Kier molecular flexibility index (Phi) is 4.91. The van der Waals surface area contributed by atoms with Crippen molar-refractivity contribution in [3.05, 3.63) is 34.2 Å². The number of hydrogen-bond donors (Lipinski definition) is 1. The molecule has 0 bridgehead atoms. The lowest BCUT2D eigenvalue weighted by molar-refractivity contribution is -0.120. The number of anilines is 1. The number of piperidine rings is 1. The number of aryl methyl sites for hydroxylation is 1. The second-order valence-electron chi connectivity index (χ2n) is 7.57. The average molecular weight is 370 g/mol. The van der Waals surface area contributed by atoms with Gasteiger partial charge in [-0.15, -0.1) is 0 Å². The van der Waals surface area contributed by atoms with Crippen molar-refractivity contribution in [3.8, 4) is 5.75 Å². The molecule has 2 aliphatic rings. The highest BCUT2D eigenvalue weighted by atomic mass is 16.4. The van der Waals surface area contributed by atoms with Crippen molar-refractivity contribution >= 4 is 22.6 Å². The average Bonchev–Trinajstić information content (AvgIpc) is 2.68. The summed E-state index contributed by atoms with van der Waals surface area (Å²) in [7, 11) is 0. The summed E-state index contributed by atoms with van der Waals surface area (Å²) in [4.78, 5) is 29.6. The van der Waals surface area contributed by atoms with Crippen LogP contribution in [0.1, 0.15) is 44.6 Å². The van der Waals surface area contributed by atoms with E-state index >= 15 is 0 Å². The van der Waals surface area contributed by atoms with Gasteiger partial charge in [0.25, 0.3) is 0 Å². The van der Waals surface area contributed by atoms with E-state index in [2.05, 4.69) is 11.8 Å². The third-order valence-electron chi connectivity index (χ3n) is 5.91. The number of nitrogens with zero attached hydrogens (tertiary/aromatic N) is 2. The Morgan fingerprint density at radius 3 is 2.93 bits per heavy atom. The molecular formula is C21H26N2O4. The van der Waals surface area contributed by atoms with Crippen LogP contribution in [-0.4, -0.2) is 41.6 Å². The lowest BCUT2D eigenvalue weighted by Crippen LogP contribution is -2.48. The van der Waals surface area contributed by atoms with E-state index in [0.29, 0.717) is 42.2 Å². The fourth-order valence-electron chi connectivity index (χ4n) is 4.53. The van der Waals surface area contributed by atoms with Gasteiger partial charge < -0.3 is 14.4 Å². The van der Waals surface area contributed by atoms with E-state index < -0.39 is 5.63 Å². The molecule has 0 aliphatic carbocycles. The predicted molar refractivity (Wildman–Crippen MR) is 104 cm³/mol. The summed E-state index contributed by atoms with van der Waals surface area (Å²) in [5.41, 5.74) is 1.15. The van der Waals surface area contributed by atoms with Gasteiger partial charge in [-0.3, -0.25) is 9.69 Å². The summed E-state index contributed by atoms with van der Waals surface area (Å²) in [5.74, 6) is 0.0872. The van der Waals surface area contributed by atoms with Crippen molar-refractivity contribution in [2.45, 2.75) is 51.5 Å². The van der Waals surface area contributed by atoms with Crippen LogP contribution in [0.4, 0.5) is 5.69 Å². The lowest BCUT2D eigenvalue weighted by Gasteiger charge is -2.37. The maximum Gasteiger partial charge on any atom is 0.360 e. The van der Waals surface area contributed by atoms with Crippen LogP contribution in [-0.2, 0) is 11.2 Å². The second kappa shape index (κ2) is 7.35. The van der Waals surface area contributed by atoms with Gasteiger partial charge in [0.2, 0.25) is 5.91 Å². The first-order chi connectivity index (χ1) is 13.1. The van der Waals surface area contributed by atoms with E-state index in [1.165, 1.54) is 12.5 Å². The number of phenols is 1. The number of carbonyl (C=O) groups is 1. The molecule has 0 saturated carbocycles. The zero-order chi connectivity index (χ0) is 19.0. The highest BCUT2D eigenvalue weighted by Crippen LogP contribution is 2.32. The summed E-state index contributed by atoms with van der Waals surface area (Å²) in [6.07, 6.45) is 6.00. The molecule has 2 aromatic rings. The molecule has 3 heterocycles. The van der Waals surface area contributed by atoms with Crippen molar-refractivity contribution in [1.82, 2.24) is 4.90 Å². The number of phenolic OH excluding ortho intramolecular Hbond substituents is 1. The second-order valence-corrected chi connectivity index (χ2v) is 7.57. The molecule has 1 unspecified atom stereocenters. The van der Waals surface area contributed by atoms with Gasteiger partial charge >= 0.3 is 5.63 Å². The smallest absolute Gasteiger partial charge is 0.360 e. The quantitative estimate of drug-likeness (QED) is 0.841. The number of likely N-dealkylation sites (tertiary alicyclic amines) is 1. The highest BCUT2D eigenvalue weighted by molar-refractivity contribution is 5.98. The molecule has 1 atom stereocenters. The van der Waals surface area contributed by atoms with Crippen molar-refractivity contribution in [3.63, 3.8) is 0 Å². The summed E-state index contributed by atoms with van der Waals surface area (Å²) < 4.78 is 5.45. The largest absolute Gasteiger partial charge is 0.508 e. The highest BCUT2D eigenvalue weighted by Gasteiger charge is 2.31.